The Morgan fingerprint density at radius 1 is 1.17 bits per heavy atom. The zero-order valence-electron chi connectivity index (χ0n) is 12.4. The molecular weight excluding hydrogens is 294 g/mol. The topological polar surface area (TPSA) is 72.4 Å². The van der Waals surface area contributed by atoms with Gasteiger partial charge in [0.15, 0.2) is 5.76 Å². The molecule has 1 aliphatic rings. The van der Waals surface area contributed by atoms with E-state index in [1.807, 2.05) is 30.3 Å². The second-order valence-corrected chi connectivity index (χ2v) is 5.46. The lowest BCUT2D eigenvalue weighted by Crippen LogP contribution is -2.30. The molecule has 0 radical (unpaired) electrons. The number of carbonyl (C=O) groups is 1. The van der Waals surface area contributed by atoms with Crippen LogP contribution in [0.15, 0.2) is 57.7 Å². The van der Waals surface area contributed by atoms with Gasteiger partial charge in [0.1, 0.15) is 6.04 Å². The van der Waals surface area contributed by atoms with Crippen LogP contribution in [0, 0.1) is 0 Å². The van der Waals surface area contributed by atoms with Crippen LogP contribution < -0.4 is 0 Å². The van der Waals surface area contributed by atoms with Crippen LogP contribution in [0.2, 0.25) is 0 Å². The van der Waals surface area contributed by atoms with Crippen LogP contribution in [0.5, 0.6) is 0 Å². The van der Waals surface area contributed by atoms with E-state index in [0.717, 1.165) is 18.4 Å². The summed E-state index contributed by atoms with van der Waals surface area (Å²) in [5, 5.41) is 4.04. The van der Waals surface area contributed by atoms with E-state index in [2.05, 4.69) is 10.1 Å². The van der Waals surface area contributed by atoms with Crippen LogP contribution >= 0.6 is 0 Å². The Kier molecular flexibility index (Phi) is 3.42. The maximum Gasteiger partial charge on any atom is 0.290 e. The minimum atomic E-state index is -0.197. The Morgan fingerprint density at radius 3 is 2.83 bits per heavy atom. The van der Waals surface area contributed by atoms with Gasteiger partial charge in [-0.25, -0.2) is 0 Å². The molecule has 23 heavy (non-hydrogen) atoms. The first kappa shape index (κ1) is 13.8. The summed E-state index contributed by atoms with van der Waals surface area (Å²) < 4.78 is 10.6. The van der Waals surface area contributed by atoms with Crippen LogP contribution in [0.4, 0.5) is 0 Å². The van der Waals surface area contributed by atoms with Gasteiger partial charge in [-0.05, 0) is 25.0 Å². The number of likely N-dealkylation sites (tertiary alicyclic amines) is 1. The van der Waals surface area contributed by atoms with Crippen molar-refractivity contribution in [2.24, 2.45) is 0 Å². The Labute approximate surface area is 132 Å². The van der Waals surface area contributed by atoms with Crippen LogP contribution in [0.25, 0.3) is 11.4 Å². The highest BCUT2D eigenvalue weighted by molar-refractivity contribution is 5.91. The molecule has 1 aromatic carbocycles. The van der Waals surface area contributed by atoms with Crippen LogP contribution in [-0.2, 0) is 0 Å². The molecule has 4 rings (SSSR count). The highest BCUT2D eigenvalue weighted by atomic mass is 16.5. The molecule has 3 heterocycles. The fraction of sp³-hybridized carbons (Fsp3) is 0.235. The number of benzene rings is 1. The molecule has 1 fully saturated rings. The van der Waals surface area contributed by atoms with E-state index >= 15 is 0 Å². The van der Waals surface area contributed by atoms with Crippen LogP contribution in [0.3, 0.4) is 0 Å². The molecule has 116 valence electrons. The first-order valence-corrected chi connectivity index (χ1v) is 7.56. The Balaban J connectivity index is 1.60. The van der Waals surface area contributed by atoms with Crippen molar-refractivity contribution in [2.75, 3.05) is 6.54 Å². The van der Waals surface area contributed by atoms with Gasteiger partial charge in [-0.2, -0.15) is 4.98 Å². The Hall–Kier alpha value is -2.89. The van der Waals surface area contributed by atoms with Crippen molar-refractivity contribution in [2.45, 2.75) is 18.9 Å². The van der Waals surface area contributed by atoms with Gasteiger partial charge in [-0.3, -0.25) is 4.79 Å². The average molecular weight is 309 g/mol. The quantitative estimate of drug-likeness (QED) is 0.742. The molecule has 0 spiro atoms. The summed E-state index contributed by atoms with van der Waals surface area (Å²) in [6.45, 7) is 0.660. The van der Waals surface area contributed by atoms with Crippen molar-refractivity contribution < 1.29 is 13.7 Å². The SMILES string of the molecule is O=C(c1ccco1)N1CCC[C@H]1c1nc(-c2ccccc2)no1. The third-order valence-electron chi connectivity index (χ3n) is 4.00. The van der Waals surface area contributed by atoms with Crippen molar-refractivity contribution in [3.05, 3.63) is 60.4 Å². The lowest BCUT2D eigenvalue weighted by atomic mass is 10.2. The van der Waals surface area contributed by atoms with Gasteiger partial charge < -0.3 is 13.8 Å². The molecule has 1 saturated heterocycles. The van der Waals surface area contributed by atoms with Gasteiger partial charge in [0.05, 0.1) is 6.26 Å². The van der Waals surface area contributed by atoms with Crippen LogP contribution in [0.1, 0.15) is 35.3 Å². The molecule has 2 aromatic heterocycles. The minimum absolute atomic E-state index is 0.142. The maximum absolute atomic E-state index is 12.5. The summed E-state index contributed by atoms with van der Waals surface area (Å²) >= 11 is 0. The molecule has 6 heteroatoms. The first-order chi connectivity index (χ1) is 11.3. The standard InChI is InChI=1S/C17H15N3O3/c21-17(14-9-5-11-22-14)20-10-4-8-13(20)16-18-15(19-23-16)12-6-2-1-3-7-12/h1-3,5-7,9,11,13H,4,8,10H2/t13-/m0/s1. The van der Waals surface area contributed by atoms with E-state index in [-0.39, 0.29) is 11.9 Å². The average Bonchev–Trinajstić information content (AvgIpc) is 3.35. The molecule has 6 nitrogen and oxygen atoms in total. The summed E-state index contributed by atoms with van der Waals surface area (Å²) in [5.74, 6) is 1.20. The normalized spacial score (nSPS) is 17.6. The lowest BCUT2D eigenvalue weighted by Gasteiger charge is -2.20. The van der Waals surface area contributed by atoms with Crippen molar-refractivity contribution >= 4 is 5.91 Å². The molecule has 1 aliphatic heterocycles. The van der Waals surface area contributed by atoms with Gasteiger partial charge in [0.2, 0.25) is 11.7 Å². The summed E-state index contributed by atoms with van der Waals surface area (Å²) in [6.07, 6.45) is 3.21. The predicted molar refractivity (Wildman–Crippen MR) is 81.5 cm³/mol. The first-order valence-electron chi connectivity index (χ1n) is 7.56. The third kappa shape index (κ3) is 2.52. The van der Waals surface area contributed by atoms with E-state index in [0.29, 0.717) is 24.0 Å². The monoisotopic (exact) mass is 309 g/mol. The molecule has 1 atom stereocenters. The zero-order chi connectivity index (χ0) is 15.6. The van der Waals surface area contributed by atoms with E-state index in [1.165, 1.54) is 6.26 Å². The minimum Gasteiger partial charge on any atom is -0.459 e. The molecule has 0 bridgehead atoms. The maximum atomic E-state index is 12.5. The number of nitrogens with zero attached hydrogens (tertiary/aromatic N) is 3. The number of hydrogen-bond acceptors (Lipinski definition) is 5. The smallest absolute Gasteiger partial charge is 0.290 e. The van der Waals surface area contributed by atoms with Crippen LogP contribution in [-0.4, -0.2) is 27.5 Å². The number of carbonyl (C=O) groups excluding carboxylic acids is 1. The lowest BCUT2D eigenvalue weighted by molar-refractivity contribution is 0.0678. The van der Waals surface area contributed by atoms with E-state index in [1.54, 1.807) is 17.0 Å². The number of furan rings is 1. The van der Waals surface area contributed by atoms with E-state index in [9.17, 15) is 4.79 Å². The Morgan fingerprint density at radius 2 is 2.04 bits per heavy atom. The van der Waals surface area contributed by atoms with Crippen molar-refractivity contribution in [3.63, 3.8) is 0 Å². The number of aromatic nitrogens is 2. The molecule has 0 unspecified atom stereocenters. The largest absolute Gasteiger partial charge is 0.459 e. The molecule has 0 saturated carbocycles. The van der Waals surface area contributed by atoms with Crippen molar-refractivity contribution in [1.82, 2.24) is 15.0 Å². The second kappa shape index (κ2) is 5.72. The van der Waals surface area contributed by atoms with Gasteiger partial charge in [-0.15, -0.1) is 0 Å². The van der Waals surface area contributed by atoms with Crippen molar-refractivity contribution in [3.8, 4) is 11.4 Å². The fourth-order valence-corrected chi connectivity index (χ4v) is 2.88. The summed E-state index contributed by atoms with van der Waals surface area (Å²) in [7, 11) is 0. The number of amides is 1. The van der Waals surface area contributed by atoms with Gasteiger partial charge >= 0.3 is 0 Å². The second-order valence-electron chi connectivity index (χ2n) is 5.46. The molecular formula is C17H15N3O3. The summed E-state index contributed by atoms with van der Waals surface area (Å²) in [5.41, 5.74) is 0.893. The predicted octanol–water partition coefficient (Wildman–Crippen LogP) is 3.31. The Bertz CT molecular complexity index is 796. The van der Waals surface area contributed by atoms with E-state index < -0.39 is 0 Å². The number of rotatable bonds is 3. The molecule has 0 N–H and O–H groups in total. The molecule has 1 amide bonds. The zero-order valence-corrected chi connectivity index (χ0v) is 12.4. The number of hydrogen-bond donors (Lipinski definition) is 0. The highest BCUT2D eigenvalue weighted by Crippen LogP contribution is 2.33. The van der Waals surface area contributed by atoms with Gasteiger partial charge in [-0.1, -0.05) is 35.5 Å². The van der Waals surface area contributed by atoms with Gasteiger partial charge in [0.25, 0.3) is 5.91 Å². The highest BCUT2D eigenvalue weighted by Gasteiger charge is 2.35. The van der Waals surface area contributed by atoms with Gasteiger partial charge in [0, 0.05) is 12.1 Å². The third-order valence-corrected chi connectivity index (χ3v) is 4.00. The summed E-state index contributed by atoms with van der Waals surface area (Å²) in [4.78, 5) is 18.7. The summed E-state index contributed by atoms with van der Waals surface area (Å²) in [6, 6.07) is 12.8. The molecule has 0 aliphatic carbocycles. The fourth-order valence-electron chi connectivity index (χ4n) is 2.88. The van der Waals surface area contributed by atoms with E-state index in [4.69, 9.17) is 8.94 Å². The van der Waals surface area contributed by atoms with Crippen molar-refractivity contribution in [1.29, 1.82) is 0 Å². The molecule has 3 aromatic rings.